The Morgan fingerprint density at radius 1 is 1.29 bits per heavy atom. The predicted octanol–water partition coefficient (Wildman–Crippen LogP) is 0.494. The van der Waals surface area contributed by atoms with Crippen molar-refractivity contribution < 1.29 is 23.5 Å². The molecule has 0 saturated heterocycles. The molecule has 0 aliphatic rings. The minimum absolute atomic E-state index is 0.0376. The van der Waals surface area contributed by atoms with Crippen LogP contribution in [-0.4, -0.2) is 32.1 Å². The zero-order chi connectivity index (χ0) is 12.7. The number of halogens is 1. The molecule has 92 valence electrons. The summed E-state index contributed by atoms with van der Waals surface area (Å²) in [5.74, 6) is -1.77. The highest BCUT2D eigenvalue weighted by Gasteiger charge is 2.08. The Morgan fingerprint density at radius 3 is 2.65 bits per heavy atom. The molecule has 0 aromatic heterocycles. The zero-order valence-corrected chi connectivity index (χ0v) is 9.23. The third-order valence-electron chi connectivity index (χ3n) is 1.83. The highest BCUT2D eigenvalue weighted by molar-refractivity contribution is 5.80. The molecule has 0 atom stereocenters. The van der Waals surface area contributed by atoms with Crippen LogP contribution in [0.5, 0.6) is 5.75 Å². The molecule has 6 heteroatoms. The fraction of sp³-hybridized carbons (Fsp3) is 0.273. The summed E-state index contributed by atoms with van der Waals surface area (Å²) in [6.45, 7) is -0.826. The van der Waals surface area contributed by atoms with Crippen LogP contribution < -0.4 is 10.1 Å². The summed E-state index contributed by atoms with van der Waals surface area (Å²) in [4.78, 5) is 21.9. The van der Waals surface area contributed by atoms with Gasteiger partial charge in [-0.1, -0.05) is 12.1 Å². The van der Waals surface area contributed by atoms with Crippen molar-refractivity contribution in [3.05, 3.63) is 30.1 Å². The molecule has 17 heavy (non-hydrogen) atoms. The first-order valence-electron chi connectivity index (χ1n) is 4.87. The van der Waals surface area contributed by atoms with E-state index in [1.807, 2.05) is 0 Å². The van der Waals surface area contributed by atoms with E-state index in [2.05, 4.69) is 10.1 Å². The molecular formula is C11H12FNO4. The van der Waals surface area contributed by atoms with E-state index in [-0.39, 0.29) is 12.4 Å². The molecule has 0 aliphatic carbocycles. The molecule has 1 N–H and O–H groups in total. The number of carbonyl (C=O) groups excluding carboxylic acids is 2. The van der Waals surface area contributed by atoms with Crippen molar-refractivity contribution in [1.82, 2.24) is 5.32 Å². The first kappa shape index (κ1) is 13.0. The van der Waals surface area contributed by atoms with E-state index in [1.54, 1.807) is 6.07 Å². The summed E-state index contributed by atoms with van der Waals surface area (Å²) in [6.07, 6.45) is 0. The topological polar surface area (TPSA) is 64.6 Å². The van der Waals surface area contributed by atoms with Gasteiger partial charge in [0, 0.05) is 7.05 Å². The van der Waals surface area contributed by atoms with Gasteiger partial charge in [-0.3, -0.25) is 4.79 Å². The molecule has 1 aromatic rings. The zero-order valence-electron chi connectivity index (χ0n) is 9.23. The minimum atomic E-state index is -0.739. The first-order valence-corrected chi connectivity index (χ1v) is 4.87. The SMILES string of the molecule is CNC(=O)COC(=O)COc1ccccc1F. The molecule has 0 aliphatic heterocycles. The van der Waals surface area contributed by atoms with Gasteiger partial charge in [-0.2, -0.15) is 0 Å². The van der Waals surface area contributed by atoms with Crippen LogP contribution in [0, 0.1) is 5.82 Å². The van der Waals surface area contributed by atoms with E-state index in [0.717, 1.165) is 0 Å². The van der Waals surface area contributed by atoms with Gasteiger partial charge in [-0.25, -0.2) is 9.18 Å². The molecule has 0 saturated carbocycles. The maximum Gasteiger partial charge on any atom is 0.344 e. The van der Waals surface area contributed by atoms with Crippen LogP contribution in [0.15, 0.2) is 24.3 Å². The maximum absolute atomic E-state index is 13.1. The third-order valence-corrected chi connectivity index (χ3v) is 1.83. The number of benzene rings is 1. The molecular weight excluding hydrogens is 229 g/mol. The normalized spacial score (nSPS) is 9.53. The summed E-state index contributed by atoms with van der Waals surface area (Å²) in [6, 6.07) is 5.69. The number of hydrogen-bond acceptors (Lipinski definition) is 4. The number of amides is 1. The maximum atomic E-state index is 13.1. The van der Waals surface area contributed by atoms with Gasteiger partial charge in [0.1, 0.15) is 0 Å². The molecule has 0 heterocycles. The van der Waals surface area contributed by atoms with Crippen LogP contribution in [0.3, 0.4) is 0 Å². The van der Waals surface area contributed by atoms with Gasteiger partial charge in [0.25, 0.3) is 5.91 Å². The number of ether oxygens (including phenoxy) is 2. The van der Waals surface area contributed by atoms with Crippen LogP contribution in [0.1, 0.15) is 0 Å². The highest BCUT2D eigenvalue weighted by Crippen LogP contribution is 2.14. The van der Waals surface area contributed by atoms with Crippen molar-refractivity contribution in [3.8, 4) is 5.75 Å². The molecule has 0 fully saturated rings. The van der Waals surface area contributed by atoms with Crippen molar-refractivity contribution in [2.75, 3.05) is 20.3 Å². The van der Waals surface area contributed by atoms with Crippen LogP contribution in [0.25, 0.3) is 0 Å². The van der Waals surface area contributed by atoms with Gasteiger partial charge in [0.2, 0.25) is 0 Å². The molecule has 0 unspecified atom stereocenters. The summed E-state index contributed by atoms with van der Waals surface area (Å²) in [7, 11) is 1.42. The smallest absolute Gasteiger partial charge is 0.344 e. The van der Waals surface area contributed by atoms with Gasteiger partial charge in [-0.05, 0) is 12.1 Å². The first-order chi connectivity index (χ1) is 8.13. The van der Waals surface area contributed by atoms with E-state index >= 15 is 0 Å². The number of nitrogens with one attached hydrogen (secondary N) is 1. The van der Waals surface area contributed by atoms with Gasteiger partial charge < -0.3 is 14.8 Å². The van der Waals surface area contributed by atoms with Crippen LogP contribution in [0.2, 0.25) is 0 Å². The lowest BCUT2D eigenvalue weighted by Crippen LogP contribution is -2.26. The second kappa shape index (κ2) is 6.47. The largest absolute Gasteiger partial charge is 0.479 e. The number of likely N-dealkylation sites (N-methyl/N-ethyl adjacent to an activating group) is 1. The van der Waals surface area contributed by atoms with E-state index in [1.165, 1.54) is 25.2 Å². The average Bonchev–Trinajstić information content (AvgIpc) is 2.35. The van der Waals surface area contributed by atoms with E-state index in [0.29, 0.717) is 0 Å². The summed E-state index contributed by atoms with van der Waals surface area (Å²) >= 11 is 0. The van der Waals surface area contributed by atoms with E-state index in [4.69, 9.17) is 4.74 Å². The number of para-hydroxylation sites is 1. The van der Waals surface area contributed by atoms with Gasteiger partial charge in [-0.15, -0.1) is 0 Å². The van der Waals surface area contributed by atoms with Crippen LogP contribution >= 0.6 is 0 Å². The Balaban J connectivity index is 2.34. The van der Waals surface area contributed by atoms with Crippen molar-refractivity contribution in [1.29, 1.82) is 0 Å². The lowest BCUT2D eigenvalue weighted by Gasteiger charge is -2.06. The molecule has 0 radical (unpaired) electrons. The third kappa shape index (κ3) is 4.50. The Hall–Kier alpha value is -2.11. The summed E-state index contributed by atoms with van der Waals surface area (Å²) < 4.78 is 22.5. The van der Waals surface area contributed by atoms with Gasteiger partial charge in [0.15, 0.2) is 24.8 Å². The molecule has 0 spiro atoms. The summed E-state index contributed by atoms with van der Waals surface area (Å²) in [5, 5.41) is 2.29. The molecule has 1 aromatic carbocycles. The number of rotatable bonds is 5. The molecule has 1 rings (SSSR count). The molecule has 1 amide bonds. The lowest BCUT2D eigenvalue weighted by atomic mass is 10.3. The Labute approximate surface area is 97.5 Å². The second-order valence-electron chi connectivity index (χ2n) is 3.05. The summed E-state index contributed by atoms with van der Waals surface area (Å²) in [5.41, 5.74) is 0. The Kier molecular flexibility index (Phi) is 4.93. The second-order valence-corrected chi connectivity index (χ2v) is 3.05. The number of esters is 1. The van der Waals surface area contributed by atoms with E-state index < -0.39 is 24.3 Å². The van der Waals surface area contributed by atoms with Crippen LogP contribution in [-0.2, 0) is 14.3 Å². The lowest BCUT2D eigenvalue weighted by molar-refractivity contribution is -0.150. The average molecular weight is 241 g/mol. The quantitative estimate of drug-likeness (QED) is 0.762. The van der Waals surface area contributed by atoms with Crippen molar-refractivity contribution in [3.63, 3.8) is 0 Å². The molecule has 5 nitrogen and oxygen atoms in total. The number of carbonyl (C=O) groups is 2. The molecule has 0 bridgehead atoms. The predicted molar refractivity (Wildman–Crippen MR) is 56.9 cm³/mol. The van der Waals surface area contributed by atoms with Crippen LogP contribution in [0.4, 0.5) is 4.39 Å². The van der Waals surface area contributed by atoms with Crippen molar-refractivity contribution in [2.24, 2.45) is 0 Å². The standard InChI is InChI=1S/C11H12FNO4/c1-13-10(14)6-17-11(15)7-16-9-5-3-2-4-8(9)12/h2-5H,6-7H2,1H3,(H,13,14). The van der Waals surface area contributed by atoms with Crippen molar-refractivity contribution >= 4 is 11.9 Å². The highest BCUT2D eigenvalue weighted by atomic mass is 19.1. The van der Waals surface area contributed by atoms with E-state index in [9.17, 15) is 14.0 Å². The Bertz CT molecular complexity index is 408. The monoisotopic (exact) mass is 241 g/mol. The van der Waals surface area contributed by atoms with Gasteiger partial charge >= 0.3 is 5.97 Å². The number of hydrogen-bond donors (Lipinski definition) is 1. The Morgan fingerprint density at radius 2 is 2.00 bits per heavy atom. The van der Waals surface area contributed by atoms with Crippen molar-refractivity contribution in [2.45, 2.75) is 0 Å². The minimum Gasteiger partial charge on any atom is -0.479 e. The fourth-order valence-corrected chi connectivity index (χ4v) is 0.958. The van der Waals surface area contributed by atoms with Gasteiger partial charge in [0.05, 0.1) is 0 Å². The fourth-order valence-electron chi connectivity index (χ4n) is 0.958.